The highest BCUT2D eigenvalue weighted by atomic mass is 16.5. The van der Waals surface area contributed by atoms with Crippen LogP contribution in [0.5, 0.6) is 0 Å². The van der Waals surface area contributed by atoms with Crippen LogP contribution in [0.2, 0.25) is 0 Å². The summed E-state index contributed by atoms with van der Waals surface area (Å²) < 4.78 is 4.82. The van der Waals surface area contributed by atoms with Crippen LogP contribution < -0.4 is 16.0 Å². The van der Waals surface area contributed by atoms with Crippen LogP contribution >= 0.6 is 0 Å². The zero-order chi connectivity index (χ0) is 29.6. The third kappa shape index (κ3) is 8.63. The largest absolute Gasteiger partial charge is 0.390 e. The average Bonchev–Trinajstić information content (AvgIpc) is 3.36. The lowest BCUT2D eigenvalue weighted by atomic mass is 9.72. The lowest BCUT2D eigenvalue weighted by Gasteiger charge is -2.47. The first-order valence-corrected chi connectivity index (χ1v) is 14.8. The lowest BCUT2D eigenvalue weighted by molar-refractivity contribution is -0.133. The highest BCUT2D eigenvalue weighted by molar-refractivity contribution is 5.97. The third-order valence-electron chi connectivity index (χ3n) is 8.24. The van der Waals surface area contributed by atoms with Crippen LogP contribution in [-0.2, 0) is 16.0 Å². The Bertz CT molecular complexity index is 1180. The van der Waals surface area contributed by atoms with Gasteiger partial charge in [0.1, 0.15) is 11.8 Å². The molecule has 5 atom stereocenters. The van der Waals surface area contributed by atoms with Gasteiger partial charge in [-0.05, 0) is 64.4 Å². The van der Waals surface area contributed by atoms with E-state index in [1.807, 2.05) is 51.1 Å². The topological polar surface area (TPSA) is 137 Å². The van der Waals surface area contributed by atoms with E-state index in [0.717, 1.165) is 31.4 Å². The van der Waals surface area contributed by atoms with E-state index in [9.17, 15) is 19.5 Å². The predicted octanol–water partition coefficient (Wildman–Crippen LogP) is 2.60. The fraction of sp³-hybridized carbons (Fsp3) is 0.613. The molecule has 10 heteroatoms. The van der Waals surface area contributed by atoms with Crippen molar-refractivity contribution in [1.29, 1.82) is 0 Å². The molecule has 0 spiro atoms. The summed E-state index contributed by atoms with van der Waals surface area (Å²) in [5, 5.41) is 23.9. The minimum Gasteiger partial charge on any atom is -0.390 e. The van der Waals surface area contributed by atoms with Crippen molar-refractivity contribution in [2.45, 2.75) is 89.9 Å². The van der Waals surface area contributed by atoms with E-state index in [2.05, 4.69) is 26.0 Å². The number of aliphatic hydroxyl groups is 1. The summed E-state index contributed by atoms with van der Waals surface area (Å²) in [5.41, 5.74) is 1.31. The molecular weight excluding hydrogens is 522 g/mol. The SMILES string of the molecule is Cc1nocc1C(=O)NCC(=O)NC(Cc1ccccc1)C(O)CN1CC2CCCCC2CC1C(=O)NC(C)(C)C. The number of likely N-dealkylation sites (tertiary alicyclic amines) is 1. The Morgan fingerprint density at radius 2 is 1.83 bits per heavy atom. The van der Waals surface area contributed by atoms with Crippen molar-refractivity contribution in [2.75, 3.05) is 19.6 Å². The highest BCUT2D eigenvalue weighted by Gasteiger charge is 2.41. The zero-order valence-electron chi connectivity index (χ0n) is 24.7. The van der Waals surface area contributed by atoms with Crippen molar-refractivity contribution in [1.82, 2.24) is 26.0 Å². The van der Waals surface area contributed by atoms with Gasteiger partial charge in [-0.3, -0.25) is 19.3 Å². The first-order chi connectivity index (χ1) is 19.5. The molecule has 41 heavy (non-hydrogen) atoms. The minimum absolute atomic E-state index is 0.0101. The van der Waals surface area contributed by atoms with E-state index in [1.54, 1.807) is 6.92 Å². The van der Waals surface area contributed by atoms with E-state index in [1.165, 1.54) is 19.1 Å². The van der Waals surface area contributed by atoms with Gasteiger partial charge in [-0.2, -0.15) is 0 Å². The highest BCUT2D eigenvalue weighted by Crippen LogP contribution is 2.39. The Morgan fingerprint density at radius 1 is 1.12 bits per heavy atom. The number of rotatable bonds is 10. The monoisotopic (exact) mass is 567 g/mol. The fourth-order valence-corrected chi connectivity index (χ4v) is 6.17. The van der Waals surface area contributed by atoms with Crippen LogP contribution in [0.15, 0.2) is 41.1 Å². The molecule has 1 aromatic carbocycles. The van der Waals surface area contributed by atoms with Crippen LogP contribution in [-0.4, -0.2) is 76.2 Å². The second kappa shape index (κ2) is 13.6. The number of aliphatic hydroxyl groups excluding tert-OH is 1. The first-order valence-electron chi connectivity index (χ1n) is 14.8. The molecule has 3 amide bonds. The molecule has 4 N–H and O–H groups in total. The molecule has 0 radical (unpaired) electrons. The minimum atomic E-state index is -0.930. The van der Waals surface area contributed by atoms with Gasteiger partial charge in [0.05, 0.1) is 30.4 Å². The molecule has 1 aliphatic heterocycles. The van der Waals surface area contributed by atoms with Crippen LogP contribution in [0.25, 0.3) is 0 Å². The van der Waals surface area contributed by atoms with Crippen molar-refractivity contribution in [3.05, 3.63) is 53.4 Å². The van der Waals surface area contributed by atoms with Crippen molar-refractivity contribution in [2.24, 2.45) is 11.8 Å². The normalized spacial score (nSPS) is 22.7. The molecule has 1 aromatic heterocycles. The Kier molecular flexibility index (Phi) is 10.2. The summed E-state index contributed by atoms with van der Waals surface area (Å²) in [6, 6.07) is 8.72. The van der Waals surface area contributed by atoms with Gasteiger partial charge in [0.15, 0.2) is 0 Å². The second-order valence-electron chi connectivity index (χ2n) is 12.7. The molecule has 2 heterocycles. The van der Waals surface area contributed by atoms with E-state index in [4.69, 9.17) is 4.52 Å². The molecule has 2 fully saturated rings. The van der Waals surface area contributed by atoms with Crippen molar-refractivity contribution in [3.8, 4) is 0 Å². The van der Waals surface area contributed by atoms with Crippen LogP contribution in [0.4, 0.5) is 0 Å². The number of nitrogens with one attached hydrogen (secondary N) is 3. The second-order valence-corrected chi connectivity index (χ2v) is 12.7. The summed E-state index contributed by atoms with van der Waals surface area (Å²) in [7, 11) is 0. The van der Waals surface area contributed by atoms with Crippen LogP contribution in [0, 0.1) is 18.8 Å². The van der Waals surface area contributed by atoms with Gasteiger partial charge in [-0.15, -0.1) is 0 Å². The van der Waals surface area contributed by atoms with E-state index < -0.39 is 24.0 Å². The van der Waals surface area contributed by atoms with E-state index in [0.29, 0.717) is 24.0 Å². The summed E-state index contributed by atoms with van der Waals surface area (Å²) >= 11 is 0. The summed E-state index contributed by atoms with van der Waals surface area (Å²) in [4.78, 5) is 41.0. The summed E-state index contributed by atoms with van der Waals surface area (Å²) in [6.07, 6.45) is 6.19. The Morgan fingerprint density at radius 3 is 2.49 bits per heavy atom. The summed E-state index contributed by atoms with van der Waals surface area (Å²) in [5.74, 6) is 0.143. The molecule has 10 nitrogen and oxygen atoms in total. The molecule has 224 valence electrons. The number of β-amino-alcohol motifs (C(OH)–C–C–N with tert-alkyl or cyclic N) is 1. The number of hydrogen-bond donors (Lipinski definition) is 4. The average molecular weight is 568 g/mol. The van der Waals surface area contributed by atoms with Gasteiger partial charge >= 0.3 is 0 Å². The third-order valence-corrected chi connectivity index (χ3v) is 8.24. The van der Waals surface area contributed by atoms with E-state index in [-0.39, 0.29) is 36.1 Å². The lowest BCUT2D eigenvalue weighted by Crippen LogP contribution is -2.60. The molecular formula is C31H45N5O5. The molecule has 2 aliphatic rings. The van der Waals surface area contributed by atoms with Crippen molar-refractivity contribution >= 4 is 17.7 Å². The standard InChI is InChI=1S/C31H45N5O5/c1-20-24(19-41-35-20)29(39)32-16-28(38)33-25(14-21-10-6-5-7-11-21)27(37)18-36-17-23-13-9-8-12-22(23)15-26(36)30(40)34-31(2,3)4/h5-7,10-11,19,22-23,25-27,37H,8-9,12-18H2,1-4H3,(H,32,39)(H,33,38)(H,34,40). The first kappa shape index (κ1) is 30.7. The van der Waals surface area contributed by atoms with Crippen molar-refractivity contribution in [3.63, 3.8) is 0 Å². The van der Waals surface area contributed by atoms with E-state index >= 15 is 0 Å². The molecule has 0 bridgehead atoms. The number of hydrogen-bond acceptors (Lipinski definition) is 7. The number of piperidine rings is 1. The quantitative estimate of drug-likeness (QED) is 0.346. The smallest absolute Gasteiger partial charge is 0.256 e. The molecule has 1 saturated heterocycles. The van der Waals surface area contributed by atoms with Gasteiger partial charge in [0, 0.05) is 18.6 Å². The predicted molar refractivity (Wildman–Crippen MR) is 155 cm³/mol. The van der Waals surface area contributed by atoms with Gasteiger partial charge in [0.25, 0.3) is 5.91 Å². The van der Waals surface area contributed by atoms with Gasteiger partial charge in [-0.1, -0.05) is 54.8 Å². The van der Waals surface area contributed by atoms with Crippen LogP contribution in [0.1, 0.15) is 74.5 Å². The zero-order valence-corrected chi connectivity index (χ0v) is 24.7. The number of nitrogens with zero attached hydrogens (tertiary/aromatic N) is 2. The maximum atomic E-state index is 13.4. The van der Waals surface area contributed by atoms with Gasteiger partial charge in [0.2, 0.25) is 11.8 Å². The number of aryl methyl sites for hydroxylation is 1. The van der Waals surface area contributed by atoms with Crippen LogP contribution in [0.3, 0.4) is 0 Å². The maximum Gasteiger partial charge on any atom is 0.256 e. The van der Waals surface area contributed by atoms with Gasteiger partial charge in [-0.25, -0.2) is 0 Å². The van der Waals surface area contributed by atoms with Gasteiger partial charge < -0.3 is 25.6 Å². The number of amides is 3. The molecule has 4 rings (SSSR count). The Labute approximate surface area is 242 Å². The number of carbonyl (C=O) groups is 3. The molecule has 2 aromatic rings. The maximum absolute atomic E-state index is 13.4. The Balaban J connectivity index is 1.46. The Hall–Kier alpha value is -3.24. The molecule has 1 aliphatic carbocycles. The number of aromatic nitrogens is 1. The number of carbonyl (C=O) groups excluding carboxylic acids is 3. The number of fused-ring (bicyclic) bond motifs is 1. The van der Waals surface area contributed by atoms with Crippen molar-refractivity contribution < 1.29 is 24.0 Å². The number of benzene rings is 1. The molecule has 1 saturated carbocycles. The molecule has 5 unspecified atom stereocenters. The fourth-order valence-electron chi connectivity index (χ4n) is 6.17. The summed E-state index contributed by atoms with van der Waals surface area (Å²) in [6.45, 7) is 8.34.